The Morgan fingerprint density at radius 2 is 1.73 bits per heavy atom. The summed E-state index contributed by atoms with van der Waals surface area (Å²) in [6.45, 7) is 8.74. The molecule has 3 aromatic heterocycles. The molecule has 1 aromatic carbocycles. The minimum absolute atomic E-state index is 0.0824. The summed E-state index contributed by atoms with van der Waals surface area (Å²) in [5.74, 6) is -0.561. The Balaban J connectivity index is 1.13. The summed E-state index contributed by atoms with van der Waals surface area (Å²) in [4.78, 5) is 56.1. The van der Waals surface area contributed by atoms with Crippen molar-refractivity contribution in [2.45, 2.75) is 52.2 Å². The van der Waals surface area contributed by atoms with E-state index in [1.807, 2.05) is 80.0 Å². The summed E-state index contributed by atoms with van der Waals surface area (Å²) >= 11 is 0. The maximum Gasteiger partial charge on any atom is 0.272 e. The molecule has 0 unspecified atom stereocenters. The maximum atomic E-state index is 13.8. The Labute approximate surface area is 239 Å². The number of nitrogens with zero attached hydrogens (tertiary/aromatic N) is 4. The van der Waals surface area contributed by atoms with E-state index < -0.39 is 11.5 Å². The van der Waals surface area contributed by atoms with E-state index in [1.165, 1.54) is 0 Å². The molecule has 9 heteroatoms. The molecule has 2 aliphatic heterocycles. The predicted octanol–water partition coefficient (Wildman–Crippen LogP) is 4.20. The van der Waals surface area contributed by atoms with Crippen molar-refractivity contribution < 1.29 is 14.4 Å². The summed E-state index contributed by atoms with van der Waals surface area (Å²) in [5, 5.41) is 3.93. The molecule has 0 spiro atoms. The number of piperazine rings is 1. The zero-order valence-electron chi connectivity index (χ0n) is 23.7. The number of aromatic amines is 1. The van der Waals surface area contributed by atoms with Gasteiger partial charge in [0, 0.05) is 41.9 Å². The van der Waals surface area contributed by atoms with Gasteiger partial charge in [-0.15, -0.1) is 0 Å². The lowest BCUT2D eigenvalue weighted by Crippen LogP contribution is -2.59. The molecule has 5 heterocycles. The Hall–Kier alpha value is -4.53. The van der Waals surface area contributed by atoms with Crippen LogP contribution in [0.1, 0.15) is 53.7 Å². The van der Waals surface area contributed by atoms with E-state index in [-0.39, 0.29) is 29.8 Å². The van der Waals surface area contributed by atoms with Crippen molar-refractivity contribution in [2.75, 3.05) is 13.1 Å². The molecule has 3 amide bonds. The van der Waals surface area contributed by atoms with Crippen LogP contribution >= 0.6 is 0 Å². The van der Waals surface area contributed by atoms with Crippen LogP contribution in [-0.2, 0) is 4.79 Å². The minimum Gasteiger partial charge on any atom is -0.351 e. The molecule has 9 nitrogen and oxygen atoms in total. The second kappa shape index (κ2) is 10.1. The third-order valence-electron chi connectivity index (χ3n) is 8.21. The van der Waals surface area contributed by atoms with Gasteiger partial charge in [0.1, 0.15) is 17.4 Å². The number of hydrogen-bond acceptors (Lipinski definition) is 5. The topological polar surface area (TPSA) is 111 Å². The van der Waals surface area contributed by atoms with Gasteiger partial charge in [0.2, 0.25) is 5.91 Å². The van der Waals surface area contributed by atoms with Crippen LogP contribution < -0.4 is 5.32 Å². The first-order chi connectivity index (χ1) is 19.6. The van der Waals surface area contributed by atoms with Crippen LogP contribution in [0.15, 0.2) is 67.0 Å². The van der Waals surface area contributed by atoms with Gasteiger partial charge in [-0.05, 0) is 54.7 Å². The van der Waals surface area contributed by atoms with E-state index in [4.69, 9.17) is 0 Å². The van der Waals surface area contributed by atoms with Crippen molar-refractivity contribution in [1.82, 2.24) is 30.1 Å². The summed E-state index contributed by atoms with van der Waals surface area (Å²) in [6.07, 6.45) is 4.15. The van der Waals surface area contributed by atoms with Crippen molar-refractivity contribution in [3.63, 3.8) is 0 Å². The smallest absolute Gasteiger partial charge is 0.272 e. The van der Waals surface area contributed by atoms with Crippen LogP contribution in [0.2, 0.25) is 0 Å². The van der Waals surface area contributed by atoms with Gasteiger partial charge in [-0.1, -0.05) is 45.0 Å². The first-order valence-electron chi connectivity index (χ1n) is 14.0. The zero-order valence-corrected chi connectivity index (χ0v) is 23.7. The second-order valence-electron chi connectivity index (χ2n) is 12.1. The molecule has 41 heavy (non-hydrogen) atoms. The molecule has 2 aliphatic rings. The molecule has 2 N–H and O–H groups in total. The predicted molar refractivity (Wildman–Crippen MR) is 156 cm³/mol. The van der Waals surface area contributed by atoms with Gasteiger partial charge in [0.25, 0.3) is 11.8 Å². The summed E-state index contributed by atoms with van der Waals surface area (Å²) < 4.78 is 0. The van der Waals surface area contributed by atoms with Crippen LogP contribution in [-0.4, -0.2) is 73.7 Å². The van der Waals surface area contributed by atoms with E-state index in [1.54, 1.807) is 24.5 Å². The molecule has 210 valence electrons. The Morgan fingerprint density at radius 3 is 2.39 bits per heavy atom. The quantitative estimate of drug-likeness (QED) is 0.387. The molecule has 4 aromatic rings. The molecule has 0 saturated carbocycles. The largest absolute Gasteiger partial charge is 0.351 e. The fourth-order valence-corrected chi connectivity index (χ4v) is 6.00. The third kappa shape index (κ3) is 4.96. The van der Waals surface area contributed by atoms with Gasteiger partial charge in [-0.25, -0.2) is 0 Å². The number of nitrogens with one attached hydrogen (secondary N) is 2. The lowest BCUT2D eigenvalue weighted by Gasteiger charge is -2.39. The number of carbonyl (C=O) groups excluding carboxylic acids is 3. The maximum absolute atomic E-state index is 13.8. The van der Waals surface area contributed by atoms with E-state index in [9.17, 15) is 14.4 Å². The van der Waals surface area contributed by atoms with Crippen molar-refractivity contribution in [3.8, 4) is 11.3 Å². The van der Waals surface area contributed by atoms with Gasteiger partial charge in [-0.2, -0.15) is 0 Å². The zero-order chi connectivity index (χ0) is 28.9. The van der Waals surface area contributed by atoms with Crippen LogP contribution in [0.5, 0.6) is 0 Å². The molecule has 3 atom stereocenters. The van der Waals surface area contributed by atoms with Crippen LogP contribution in [0.4, 0.5) is 0 Å². The number of likely N-dealkylation sites (tertiary alicyclic amines) is 2. The molecule has 0 radical (unpaired) electrons. The highest BCUT2D eigenvalue weighted by Crippen LogP contribution is 2.34. The van der Waals surface area contributed by atoms with E-state index >= 15 is 0 Å². The normalized spacial score (nSPS) is 19.0. The number of benzene rings is 1. The number of amides is 3. The Bertz CT molecular complexity index is 1600. The van der Waals surface area contributed by atoms with Gasteiger partial charge >= 0.3 is 0 Å². The number of rotatable bonds is 5. The van der Waals surface area contributed by atoms with Crippen LogP contribution in [0, 0.1) is 12.3 Å². The number of aryl methyl sites for hydroxylation is 1. The van der Waals surface area contributed by atoms with E-state index in [0.29, 0.717) is 24.5 Å². The third-order valence-corrected chi connectivity index (χ3v) is 8.21. The fraction of sp³-hybridized carbons (Fsp3) is 0.344. The van der Waals surface area contributed by atoms with Crippen molar-refractivity contribution in [3.05, 3.63) is 83.9 Å². The summed E-state index contributed by atoms with van der Waals surface area (Å²) in [7, 11) is 0. The highest BCUT2D eigenvalue weighted by Gasteiger charge is 2.50. The number of fused-ring (bicyclic) bond motifs is 3. The number of carbonyl (C=O) groups is 3. The monoisotopic (exact) mass is 550 g/mol. The number of pyridine rings is 2. The van der Waals surface area contributed by atoms with Gasteiger partial charge in [-0.3, -0.25) is 24.4 Å². The second-order valence-corrected chi connectivity index (χ2v) is 12.1. The fourth-order valence-electron chi connectivity index (χ4n) is 6.00. The molecular formula is C32H34N6O3. The van der Waals surface area contributed by atoms with Crippen molar-refractivity contribution in [1.29, 1.82) is 0 Å². The molecular weight excluding hydrogens is 516 g/mol. The molecule has 2 fully saturated rings. The number of aromatic nitrogens is 3. The van der Waals surface area contributed by atoms with Gasteiger partial charge in [0.15, 0.2) is 0 Å². The van der Waals surface area contributed by atoms with Crippen molar-refractivity contribution >= 4 is 28.6 Å². The standard InChI is InChI=1S/C32H34N6O3/c1-19-8-7-13-33-27(19)21-11-12-25(34-16-21)30(40)37-17-23-15-22(37)18-38(23)31(41)28(32(2,3)4)36-29(39)26-14-20-9-5-6-10-24(20)35-26/h5-14,16,22-23,28,35H,15,17-18H2,1-4H3,(H,36,39)/t22-,23-,28+/m0/s1. The van der Waals surface area contributed by atoms with Crippen LogP contribution in [0.25, 0.3) is 22.2 Å². The molecule has 6 rings (SSSR count). The number of H-pyrrole nitrogens is 1. The van der Waals surface area contributed by atoms with E-state index in [0.717, 1.165) is 34.1 Å². The number of para-hydroxylation sites is 1. The number of hydrogen-bond donors (Lipinski definition) is 2. The van der Waals surface area contributed by atoms with Gasteiger partial charge < -0.3 is 20.1 Å². The molecule has 0 aliphatic carbocycles. The average molecular weight is 551 g/mol. The average Bonchev–Trinajstić information content (AvgIpc) is 3.69. The molecule has 2 bridgehead atoms. The Kier molecular flexibility index (Phi) is 6.60. The van der Waals surface area contributed by atoms with E-state index in [2.05, 4.69) is 20.3 Å². The summed E-state index contributed by atoms with van der Waals surface area (Å²) in [6, 6.07) is 16.1. The lowest BCUT2D eigenvalue weighted by atomic mass is 9.85. The van der Waals surface area contributed by atoms with Crippen molar-refractivity contribution in [2.24, 2.45) is 5.41 Å². The minimum atomic E-state index is -0.714. The summed E-state index contributed by atoms with van der Waals surface area (Å²) in [5.41, 5.74) is 3.92. The molecule has 2 saturated heterocycles. The van der Waals surface area contributed by atoms with Crippen LogP contribution in [0.3, 0.4) is 0 Å². The lowest BCUT2D eigenvalue weighted by molar-refractivity contribution is -0.138. The first kappa shape index (κ1) is 26.7. The first-order valence-corrected chi connectivity index (χ1v) is 14.0. The highest BCUT2D eigenvalue weighted by atomic mass is 16.2. The van der Waals surface area contributed by atoms with Gasteiger partial charge in [0.05, 0.1) is 17.8 Å². The Morgan fingerprint density at radius 1 is 0.976 bits per heavy atom. The SMILES string of the molecule is Cc1cccnc1-c1ccc(C(=O)N2C[C@@H]3C[C@H]2CN3C(=O)[C@@H](NC(=O)c2cc3ccccc3[nH]2)C(C)(C)C)nc1. The highest BCUT2D eigenvalue weighted by molar-refractivity contribution is 6.00.